The number of nitrogens with one attached hydrogen (secondary N) is 1. The van der Waals surface area contributed by atoms with Crippen molar-refractivity contribution in [3.8, 4) is 11.1 Å². The van der Waals surface area contributed by atoms with Gasteiger partial charge in [-0.2, -0.15) is 18.3 Å². The number of amides is 1. The molecule has 0 unspecified atom stereocenters. The van der Waals surface area contributed by atoms with Crippen molar-refractivity contribution in [2.24, 2.45) is 5.92 Å². The maximum absolute atomic E-state index is 12.3. The number of carbonyl (C=O) groups excluding carboxylic acids is 1. The molecule has 1 saturated heterocycles. The minimum atomic E-state index is -4.83. The molecule has 3 aromatic rings. The molecule has 1 fully saturated rings. The van der Waals surface area contributed by atoms with Gasteiger partial charge in [-0.05, 0) is 47.2 Å². The predicted molar refractivity (Wildman–Crippen MR) is 109 cm³/mol. The molecule has 0 bridgehead atoms. The molecule has 1 aliphatic heterocycles. The highest BCUT2D eigenvalue weighted by Gasteiger charge is 2.38. The monoisotopic (exact) mass is 414 g/mol. The number of carbonyl (C=O) groups is 1. The second kappa shape index (κ2) is 8.30. The van der Waals surface area contributed by atoms with Crippen LogP contribution in [-0.4, -0.2) is 41.9 Å². The topological polar surface area (TPSA) is 58.1 Å². The zero-order chi connectivity index (χ0) is 21.1. The molecule has 1 aromatic heterocycles. The van der Waals surface area contributed by atoms with Crippen LogP contribution < -0.4 is 10.2 Å². The summed E-state index contributed by atoms with van der Waals surface area (Å²) in [5, 5.41) is 12.7. The maximum Gasteiger partial charge on any atom is 0.471 e. The predicted octanol–water partition coefficient (Wildman–Crippen LogP) is 4.19. The molecule has 0 spiro atoms. The first-order valence-electron chi connectivity index (χ1n) is 9.82. The number of piperidine rings is 1. The number of anilines is 1. The molecule has 30 heavy (non-hydrogen) atoms. The minimum Gasteiger partial charge on any atom is -0.355 e. The van der Waals surface area contributed by atoms with Crippen molar-refractivity contribution >= 4 is 22.5 Å². The summed E-state index contributed by atoms with van der Waals surface area (Å²) in [4.78, 5) is 13.1. The molecular formula is C22H21F3N4O. The van der Waals surface area contributed by atoms with Gasteiger partial charge < -0.3 is 10.2 Å². The number of fused-ring (bicyclic) bond motifs is 1. The molecule has 1 N–H and O–H groups in total. The van der Waals surface area contributed by atoms with Gasteiger partial charge >= 0.3 is 12.1 Å². The number of rotatable bonds is 4. The summed E-state index contributed by atoms with van der Waals surface area (Å²) in [6, 6.07) is 16.4. The molecule has 156 valence electrons. The molecule has 2 aromatic carbocycles. The van der Waals surface area contributed by atoms with Crippen LogP contribution >= 0.6 is 0 Å². The zero-order valence-electron chi connectivity index (χ0n) is 16.2. The molecular weight excluding hydrogens is 393 g/mol. The first-order chi connectivity index (χ1) is 14.4. The van der Waals surface area contributed by atoms with Gasteiger partial charge in [0.1, 0.15) is 0 Å². The zero-order valence-corrected chi connectivity index (χ0v) is 16.2. The van der Waals surface area contributed by atoms with Crippen LogP contribution in [0.15, 0.2) is 54.7 Å². The molecule has 2 heterocycles. The average Bonchev–Trinajstić information content (AvgIpc) is 2.77. The molecule has 1 amide bonds. The van der Waals surface area contributed by atoms with Crippen molar-refractivity contribution in [1.29, 1.82) is 0 Å². The molecule has 1 aliphatic rings. The third-order valence-corrected chi connectivity index (χ3v) is 5.47. The van der Waals surface area contributed by atoms with E-state index in [1.165, 1.54) is 5.39 Å². The SMILES string of the molecule is O=C(NCC1CCN(c2cc(-c3ccc4ccccc4c3)cnn2)CC1)C(F)(F)F. The first-order valence-corrected chi connectivity index (χ1v) is 9.82. The Balaban J connectivity index is 1.40. The molecule has 0 atom stereocenters. The smallest absolute Gasteiger partial charge is 0.355 e. The van der Waals surface area contributed by atoms with Crippen LogP contribution in [0.4, 0.5) is 19.0 Å². The van der Waals surface area contributed by atoms with E-state index in [2.05, 4.69) is 45.4 Å². The van der Waals surface area contributed by atoms with Gasteiger partial charge in [0.2, 0.25) is 0 Å². The Bertz CT molecular complexity index is 1050. The highest BCUT2D eigenvalue weighted by Crippen LogP contribution is 2.28. The van der Waals surface area contributed by atoms with Crippen LogP contribution in [0.25, 0.3) is 21.9 Å². The van der Waals surface area contributed by atoms with Crippen LogP contribution in [0.1, 0.15) is 12.8 Å². The quantitative estimate of drug-likeness (QED) is 0.696. The lowest BCUT2D eigenvalue weighted by Gasteiger charge is -2.32. The fourth-order valence-corrected chi connectivity index (χ4v) is 3.74. The van der Waals surface area contributed by atoms with E-state index >= 15 is 0 Å². The number of aromatic nitrogens is 2. The Labute approximate surface area is 171 Å². The van der Waals surface area contributed by atoms with Gasteiger partial charge in [0.05, 0.1) is 6.20 Å². The van der Waals surface area contributed by atoms with Crippen molar-refractivity contribution in [2.75, 3.05) is 24.5 Å². The Morgan fingerprint density at radius 1 is 1.03 bits per heavy atom. The second-order valence-corrected chi connectivity index (χ2v) is 7.50. The van der Waals surface area contributed by atoms with Crippen molar-refractivity contribution in [1.82, 2.24) is 15.5 Å². The Morgan fingerprint density at radius 3 is 2.50 bits per heavy atom. The summed E-state index contributed by atoms with van der Waals surface area (Å²) >= 11 is 0. The van der Waals surface area contributed by atoms with E-state index in [0.717, 1.165) is 22.3 Å². The molecule has 0 aliphatic carbocycles. The van der Waals surface area contributed by atoms with E-state index in [4.69, 9.17) is 0 Å². The number of hydrogen-bond donors (Lipinski definition) is 1. The van der Waals surface area contributed by atoms with E-state index in [1.807, 2.05) is 23.5 Å². The Morgan fingerprint density at radius 2 is 1.77 bits per heavy atom. The molecule has 4 rings (SSSR count). The lowest BCUT2D eigenvalue weighted by molar-refractivity contribution is -0.173. The van der Waals surface area contributed by atoms with Crippen molar-refractivity contribution in [3.63, 3.8) is 0 Å². The molecule has 8 heteroatoms. The van der Waals surface area contributed by atoms with Gasteiger partial charge in [0.15, 0.2) is 5.82 Å². The Kier molecular flexibility index (Phi) is 5.57. The van der Waals surface area contributed by atoms with Gasteiger partial charge in [0.25, 0.3) is 0 Å². The number of halogens is 3. The standard InChI is InChI=1S/C22H21F3N4O/c23-22(24,25)21(30)26-13-15-7-9-29(10-8-15)20-12-19(14-27-28-20)18-6-5-16-3-1-2-4-17(16)11-18/h1-6,11-12,14-15H,7-10,13H2,(H,26,30). The lowest BCUT2D eigenvalue weighted by Crippen LogP contribution is -2.42. The van der Waals surface area contributed by atoms with Gasteiger partial charge in [0, 0.05) is 25.2 Å². The number of benzene rings is 2. The van der Waals surface area contributed by atoms with E-state index < -0.39 is 12.1 Å². The fraction of sp³-hybridized carbons (Fsp3) is 0.318. The maximum atomic E-state index is 12.3. The summed E-state index contributed by atoms with van der Waals surface area (Å²) in [6.07, 6.45) is -1.74. The second-order valence-electron chi connectivity index (χ2n) is 7.50. The molecule has 0 radical (unpaired) electrons. The summed E-state index contributed by atoms with van der Waals surface area (Å²) < 4.78 is 36.9. The van der Waals surface area contributed by atoms with Gasteiger partial charge in [-0.15, -0.1) is 5.10 Å². The lowest BCUT2D eigenvalue weighted by atomic mass is 9.96. The van der Waals surface area contributed by atoms with E-state index in [-0.39, 0.29) is 12.5 Å². The number of alkyl halides is 3. The third kappa shape index (κ3) is 4.53. The highest BCUT2D eigenvalue weighted by molar-refractivity contribution is 5.87. The summed E-state index contributed by atoms with van der Waals surface area (Å²) in [5.74, 6) is -1.11. The normalized spacial score (nSPS) is 15.4. The molecule has 5 nitrogen and oxygen atoms in total. The minimum absolute atomic E-state index is 0.0178. The van der Waals surface area contributed by atoms with Crippen molar-refractivity contribution in [3.05, 3.63) is 54.7 Å². The summed E-state index contributed by atoms with van der Waals surface area (Å²) in [6.45, 7) is 1.35. The fourth-order valence-electron chi connectivity index (χ4n) is 3.74. The van der Waals surface area contributed by atoms with Crippen LogP contribution in [0.2, 0.25) is 0 Å². The van der Waals surface area contributed by atoms with E-state index in [0.29, 0.717) is 25.9 Å². The van der Waals surface area contributed by atoms with Gasteiger partial charge in [-0.25, -0.2) is 0 Å². The van der Waals surface area contributed by atoms with Crippen LogP contribution in [0.3, 0.4) is 0 Å². The summed E-state index contributed by atoms with van der Waals surface area (Å²) in [5.41, 5.74) is 2.01. The van der Waals surface area contributed by atoms with Crippen molar-refractivity contribution < 1.29 is 18.0 Å². The van der Waals surface area contributed by atoms with Gasteiger partial charge in [-0.3, -0.25) is 4.79 Å². The van der Waals surface area contributed by atoms with Gasteiger partial charge in [-0.1, -0.05) is 36.4 Å². The first kappa shape index (κ1) is 20.1. The number of hydrogen-bond acceptors (Lipinski definition) is 4. The van der Waals surface area contributed by atoms with E-state index in [1.54, 1.807) is 6.20 Å². The van der Waals surface area contributed by atoms with Crippen LogP contribution in [0, 0.1) is 5.92 Å². The molecule has 0 saturated carbocycles. The third-order valence-electron chi connectivity index (χ3n) is 5.47. The van der Waals surface area contributed by atoms with E-state index in [9.17, 15) is 18.0 Å². The largest absolute Gasteiger partial charge is 0.471 e. The van der Waals surface area contributed by atoms with Crippen LogP contribution in [0.5, 0.6) is 0 Å². The average molecular weight is 414 g/mol. The summed E-state index contributed by atoms with van der Waals surface area (Å²) in [7, 11) is 0. The van der Waals surface area contributed by atoms with Crippen LogP contribution in [-0.2, 0) is 4.79 Å². The van der Waals surface area contributed by atoms with Crippen molar-refractivity contribution in [2.45, 2.75) is 19.0 Å². The Hall–Kier alpha value is -3.16. The number of nitrogens with zero attached hydrogens (tertiary/aromatic N) is 3. The highest BCUT2D eigenvalue weighted by atomic mass is 19.4.